The van der Waals surface area contributed by atoms with Crippen molar-refractivity contribution in [1.29, 1.82) is 5.26 Å². The minimum absolute atomic E-state index is 0.166. The number of anilines is 1. The first-order chi connectivity index (χ1) is 10.2. The zero-order valence-corrected chi connectivity index (χ0v) is 11.8. The number of hydrogen-bond donors (Lipinski definition) is 2. The molecule has 0 aliphatic heterocycles. The van der Waals surface area contributed by atoms with Gasteiger partial charge in [0.1, 0.15) is 5.82 Å². The van der Waals surface area contributed by atoms with Gasteiger partial charge in [0.05, 0.1) is 12.5 Å². The van der Waals surface area contributed by atoms with Crippen LogP contribution in [0.5, 0.6) is 0 Å². The maximum absolute atomic E-state index is 11.8. The van der Waals surface area contributed by atoms with Crippen molar-refractivity contribution in [3.05, 3.63) is 48.2 Å². The Hall–Kier alpha value is -2.87. The van der Waals surface area contributed by atoms with Crippen LogP contribution in [0.3, 0.4) is 0 Å². The van der Waals surface area contributed by atoms with E-state index < -0.39 is 0 Å². The van der Waals surface area contributed by atoms with E-state index in [0.717, 1.165) is 16.9 Å². The summed E-state index contributed by atoms with van der Waals surface area (Å²) in [5.41, 5.74) is 2.57. The third kappa shape index (κ3) is 3.80. The van der Waals surface area contributed by atoms with Crippen LogP contribution < -0.4 is 10.6 Å². The Kier molecular flexibility index (Phi) is 4.89. The number of hydrogen-bond acceptors (Lipinski definition) is 4. The Labute approximate surface area is 123 Å². The van der Waals surface area contributed by atoms with Crippen molar-refractivity contribution >= 4 is 11.7 Å². The fraction of sp³-hybridized carbons (Fsp3) is 0.188. The molecule has 2 N–H and O–H groups in total. The van der Waals surface area contributed by atoms with Crippen LogP contribution in [0.15, 0.2) is 42.6 Å². The van der Waals surface area contributed by atoms with Gasteiger partial charge in [-0.05, 0) is 29.8 Å². The highest BCUT2D eigenvalue weighted by molar-refractivity contribution is 5.94. The molecule has 5 nitrogen and oxygen atoms in total. The van der Waals surface area contributed by atoms with Crippen LogP contribution in [0.2, 0.25) is 0 Å². The summed E-state index contributed by atoms with van der Waals surface area (Å²) in [6.45, 7) is 0.368. The van der Waals surface area contributed by atoms with E-state index in [-0.39, 0.29) is 5.91 Å². The van der Waals surface area contributed by atoms with Gasteiger partial charge >= 0.3 is 0 Å². The van der Waals surface area contributed by atoms with Gasteiger partial charge in [-0.2, -0.15) is 5.26 Å². The quantitative estimate of drug-likeness (QED) is 0.825. The second-order valence-electron chi connectivity index (χ2n) is 4.42. The minimum Gasteiger partial charge on any atom is -0.373 e. The zero-order valence-electron chi connectivity index (χ0n) is 11.8. The van der Waals surface area contributed by atoms with Gasteiger partial charge in [-0.15, -0.1) is 0 Å². The van der Waals surface area contributed by atoms with Crippen molar-refractivity contribution in [3.63, 3.8) is 0 Å². The van der Waals surface area contributed by atoms with Gasteiger partial charge in [0.25, 0.3) is 5.91 Å². The van der Waals surface area contributed by atoms with Crippen LogP contribution in [-0.2, 0) is 0 Å². The van der Waals surface area contributed by atoms with Gasteiger partial charge in [0.15, 0.2) is 0 Å². The fourth-order valence-electron chi connectivity index (χ4n) is 1.86. The normalized spacial score (nSPS) is 9.71. The average molecular weight is 280 g/mol. The van der Waals surface area contributed by atoms with Crippen LogP contribution in [0.4, 0.5) is 5.82 Å². The summed E-state index contributed by atoms with van der Waals surface area (Å²) in [5.74, 6) is 0.646. The number of benzene rings is 1. The number of rotatable bonds is 5. The molecule has 0 spiro atoms. The third-order valence-electron chi connectivity index (χ3n) is 3.02. The van der Waals surface area contributed by atoms with E-state index in [4.69, 9.17) is 5.26 Å². The molecule has 0 bridgehead atoms. The van der Waals surface area contributed by atoms with Crippen LogP contribution in [-0.4, -0.2) is 24.5 Å². The number of nitrogens with zero attached hydrogens (tertiary/aromatic N) is 2. The van der Waals surface area contributed by atoms with E-state index in [1.807, 2.05) is 37.4 Å². The van der Waals surface area contributed by atoms with Crippen molar-refractivity contribution in [1.82, 2.24) is 10.3 Å². The van der Waals surface area contributed by atoms with Gasteiger partial charge in [0.2, 0.25) is 0 Å². The molecule has 0 aliphatic carbocycles. The molecular formula is C16H16N4O. The van der Waals surface area contributed by atoms with Crippen molar-refractivity contribution in [2.24, 2.45) is 0 Å². The lowest BCUT2D eigenvalue weighted by atomic mass is 10.1. The molecular weight excluding hydrogens is 264 g/mol. The SMILES string of the molecule is CNc1ccc(-c2ccc(C(=O)NCCC#N)cc2)cn1. The van der Waals surface area contributed by atoms with Crippen molar-refractivity contribution in [3.8, 4) is 17.2 Å². The molecule has 1 amide bonds. The lowest BCUT2D eigenvalue weighted by Crippen LogP contribution is -2.24. The van der Waals surface area contributed by atoms with Gasteiger partial charge < -0.3 is 10.6 Å². The van der Waals surface area contributed by atoms with Crippen molar-refractivity contribution in [2.75, 3.05) is 18.9 Å². The molecule has 0 fully saturated rings. The topological polar surface area (TPSA) is 77.8 Å². The summed E-state index contributed by atoms with van der Waals surface area (Å²) in [4.78, 5) is 16.1. The highest BCUT2D eigenvalue weighted by atomic mass is 16.1. The van der Waals surface area contributed by atoms with Gasteiger partial charge in [-0.3, -0.25) is 4.79 Å². The van der Waals surface area contributed by atoms with Crippen LogP contribution in [0.25, 0.3) is 11.1 Å². The highest BCUT2D eigenvalue weighted by Gasteiger charge is 2.05. The fourth-order valence-corrected chi connectivity index (χ4v) is 1.86. The molecule has 1 aromatic carbocycles. The van der Waals surface area contributed by atoms with Gasteiger partial charge in [-0.25, -0.2) is 4.98 Å². The number of carbonyl (C=O) groups is 1. The predicted octanol–water partition coefficient (Wildman–Crippen LogP) is 2.43. The summed E-state index contributed by atoms with van der Waals surface area (Å²) in [6, 6.07) is 13.2. The van der Waals surface area contributed by atoms with E-state index in [2.05, 4.69) is 15.6 Å². The summed E-state index contributed by atoms with van der Waals surface area (Å²) in [7, 11) is 1.82. The molecule has 106 valence electrons. The van der Waals surface area contributed by atoms with E-state index >= 15 is 0 Å². The van der Waals surface area contributed by atoms with E-state index in [1.165, 1.54) is 0 Å². The second-order valence-corrected chi connectivity index (χ2v) is 4.42. The maximum Gasteiger partial charge on any atom is 0.251 e. The Morgan fingerprint density at radius 3 is 2.48 bits per heavy atom. The van der Waals surface area contributed by atoms with E-state index in [1.54, 1.807) is 18.3 Å². The summed E-state index contributed by atoms with van der Waals surface area (Å²) >= 11 is 0. The smallest absolute Gasteiger partial charge is 0.251 e. The van der Waals surface area contributed by atoms with Crippen LogP contribution in [0.1, 0.15) is 16.8 Å². The summed E-state index contributed by atoms with van der Waals surface area (Å²) in [6.07, 6.45) is 2.10. The second kappa shape index (κ2) is 7.06. The third-order valence-corrected chi connectivity index (χ3v) is 3.02. The van der Waals surface area contributed by atoms with Gasteiger partial charge in [-0.1, -0.05) is 12.1 Å². The predicted molar refractivity (Wildman–Crippen MR) is 81.8 cm³/mol. The van der Waals surface area contributed by atoms with E-state index in [0.29, 0.717) is 18.5 Å². The Morgan fingerprint density at radius 1 is 1.19 bits per heavy atom. The standard InChI is InChI=1S/C16H16N4O/c1-18-15-8-7-14(11-20-15)12-3-5-13(6-4-12)16(21)19-10-2-9-17/h3-8,11H,2,10H2,1H3,(H,18,20)(H,19,21). The van der Waals surface area contributed by atoms with Crippen molar-refractivity contribution < 1.29 is 4.79 Å². The molecule has 1 aromatic heterocycles. The average Bonchev–Trinajstić information content (AvgIpc) is 2.55. The Morgan fingerprint density at radius 2 is 1.90 bits per heavy atom. The lowest BCUT2D eigenvalue weighted by molar-refractivity contribution is 0.0954. The summed E-state index contributed by atoms with van der Waals surface area (Å²) in [5, 5.41) is 14.1. The first kappa shape index (κ1) is 14.5. The molecule has 1 heterocycles. The number of carbonyl (C=O) groups excluding carboxylic acids is 1. The first-order valence-electron chi connectivity index (χ1n) is 6.64. The number of pyridine rings is 1. The lowest BCUT2D eigenvalue weighted by Gasteiger charge is -2.06. The highest BCUT2D eigenvalue weighted by Crippen LogP contribution is 2.20. The first-order valence-corrected chi connectivity index (χ1v) is 6.64. The monoisotopic (exact) mass is 280 g/mol. The molecule has 5 heteroatoms. The number of amides is 1. The molecule has 0 aliphatic rings. The Bertz CT molecular complexity index is 641. The number of nitrogens with one attached hydrogen (secondary N) is 2. The van der Waals surface area contributed by atoms with Gasteiger partial charge in [0, 0.05) is 30.9 Å². The molecule has 2 rings (SSSR count). The van der Waals surface area contributed by atoms with Crippen LogP contribution >= 0.6 is 0 Å². The Balaban J connectivity index is 2.07. The van der Waals surface area contributed by atoms with E-state index in [9.17, 15) is 4.79 Å². The number of aromatic nitrogens is 1. The molecule has 2 aromatic rings. The molecule has 21 heavy (non-hydrogen) atoms. The maximum atomic E-state index is 11.8. The molecule has 0 saturated carbocycles. The van der Waals surface area contributed by atoms with Crippen molar-refractivity contribution in [2.45, 2.75) is 6.42 Å². The largest absolute Gasteiger partial charge is 0.373 e. The zero-order chi connectivity index (χ0) is 15.1. The van der Waals surface area contributed by atoms with Crippen LogP contribution in [0, 0.1) is 11.3 Å². The molecule has 0 radical (unpaired) electrons. The number of nitriles is 1. The minimum atomic E-state index is -0.166. The summed E-state index contributed by atoms with van der Waals surface area (Å²) < 4.78 is 0. The molecule has 0 saturated heterocycles. The molecule has 0 atom stereocenters. The molecule has 0 unspecified atom stereocenters.